The van der Waals surface area contributed by atoms with Crippen molar-refractivity contribution in [3.8, 4) is 0 Å². The number of aliphatic hydroxyl groups excluding tert-OH is 5. The summed E-state index contributed by atoms with van der Waals surface area (Å²) >= 11 is 0. The highest BCUT2D eigenvalue weighted by Crippen LogP contribution is 2.47. The molecule has 0 aromatic carbocycles. The molecule has 0 heterocycles. The number of phosphoric ester groups is 1. The van der Waals surface area contributed by atoms with Crippen LogP contribution in [-0.2, 0) is 32.7 Å². The molecule has 1 saturated carbocycles. The van der Waals surface area contributed by atoms with E-state index in [-0.39, 0.29) is 12.8 Å². The predicted octanol–water partition coefficient (Wildman–Crippen LogP) is 9.23. The molecule has 6 unspecified atom stereocenters. The molecule has 0 aliphatic heterocycles. The van der Waals surface area contributed by atoms with Crippen molar-refractivity contribution in [1.82, 2.24) is 0 Å². The average molecular weight is 877 g/mol. The van der Waals surface area contributed by atoms with Crippen molar-refractivity contribution in [2.24, 2.45) is 0 Å². The number of hydrogen-bond acceptors (Lipinski definition) is 12. The van der Waals surface area contributed by atoms with Crippen LogP contribution < -0.4 is 0 Å². The Morgan fingerprint density at radius 1 is 0.500 bits per heavy atom. The van der Waals surface area contributed by atoms with Gasteiger partial charge in [0.2, 0.25) is 0 Å². The SMILES string of the molecule is CCCCCCC/C=C\CCCCCCCC(=O)OCC(COP(=O)(O)OC1C(O)C(O)C(O)C(O)C1O)OC(=O)CCCCCCCCC/C=C\CCCCCCCC. The quantitative estimate of drug-likeness (QED) is 0.0147. The van der Waals surface area contributed by atoms with Gasteiger partial charge in [-0.2, -0.15) is 0 Å². The van der Waals surface area contributed by atoms with Crippen LogP contribution in [0.4, 0.5) is 0 Å². The summed E-state index contributed by atoms with van der Waals surface area (Å²) in [6.45, 7) is 3.28. The van der Waals surface area contributed by atoms with Crippen LogP contribution in [0.1, 0.15) is 200 Å². The molecule has 0 spiro atoms. The Hall–Kier alpha value is -1.67. The highest BCUT2D eigenvalue weighted by molar-refractivity contribution is 7.47. The first kappa shape index (κ1) is 56.3. The average Bonchev–Trinajstić information content (AvgIpc) is 3.23. The van der Waals surface area contributed by atoms with Crippen LogP contribution in [0.25, 0.3) is 0 Å². The number of allylic oxidation sites excluding steroid dienone is 4. The summed E-state index contributed by atoms with van der Waals surface area (Å²) in [6.07, 6.45) is 26.6. The minimum absolute atomic E-state index is 0.0918. The maximum atomic E-state index is 12.8. The fraction of sp³-hybridized carbons (Fsp3) is 0.870. The topological polar surface area (TPSA) is 210 Å². The van der Waals surface area contributed by atoms with Gasteiger partial charge in [-0.25, -0.2) is 4.57 Å². The fourth-order valence-corrected chi connectivity index (χ4v) is 8.13. The molecule has 60 heavy (non-hydrogen) atoms. The molecule has 1 fully saturated rings. The van der Waals surface area contributed by atoms with Crippen LogP contribution in [0.15, 0.2) is 24.3 Å². The molecule has 13 nitrogen and oxygen atoms in total. The zero-order valence-corrected chi connectivity index (χ0v) is 38.2. The summed E-state index contributed by atoms with van der Waals surface area (Å²) in [4.78, 5) is 35.7. The number of rotatable bonds is 39. The number of carbonyl (C=O) groups is 2. The first-order valence-corrected chi connectivity index (χ1v) is 25.1. The molecular weight excluding hydrogens is 791 g/mol. The maximum Gasteiger partial charge on any atom is 0.472 e. The zero-order valence-electron chi connectivity index (χ0n) is 37.3. The number of unbranched alkanes of at least 4 members (excludes halogenated alkanes) is 23. The number of ether oxygens (including phenoxy) is 2. The molecule has 0 aromatic heterocycles. The molecule has 0 bridgehead atoms. The van der Waals surface area contributed by atoms with Gasteiger partial charge < -0.3 is 39.9 Å². The van der Waals surface area contributed by atoms with E-state index < -0.39 is 75.7 Å². The normalized spacial score (nSPS) is 22.3. The minimum Gasteiger partial charge on any atom is -0.462 e. The van der Waals surface area contributed by atoms with Crippen molar-refractivity contribution in [3.63, 3.8) is 0 Å². The number of hydrogen-bond donors (Lipinski definition) is 6. The largest absolute Gasteiger partial charge is 0.472 e. The van der Waals surface area contributed by atoms with Crippen LogP contribution in [0.3, 0.4) is 0 Å². The van der Waals surface area contributed by atoms with Gasteiger partial charge in [0.05, 0.1) is 6.61 Å². The second-order valence-corrected chi connectivity index (χ2v) is 18.0. The lowest BCUT2D eigenvalue weighted by molar-refractivity contribution is -0.220. The van der Waals surface area contributed by atoms with Gasteiger partial charge in [0.1, 0.15) is 43.2 Å². The van der Waals surface area contributed by atoms with Gasteiger partial charge in [-0.05, 0) is 64.2 Å². The Morgan fingerprint density at radius 2 is 0.850 bits per heavy atom. The lowest BCUT2D eigenvalue weighted by Crippen LogP contribution is -2.64. The van der Waals surface area contributed by atoms with Crippen LogP contribution in [0, 0.1) is 0 Å². The van der Waals surface area contributed by atoms with Gasteiger partial charge in [0.25, 0.3) is 0 Å². The van der Waals surface area contributed by atoms with E-state index in [4.69, 9.17) is 18.5 Å². The number of esters is 2. The van der Waals surface area contributed by atoms with E-state index in [2.05, 4.69) is 38.2 Å². The monoisotopic (exact) mass is 877 g/mol. The van der Waals surface area contributed by atoms with Crippen LogP contribution in [0.5, 0.6) is 0 Å². The molecular formula is C46H85O13P. The lowest BCUT2D eigenvalue weighted by atomic mass is 9.85. The van der Waals surface area contributed by atoms with Crippen molar-refractivity contribution in [1.29, 1.82) is 0 Å². The van der Waals surface area contributed by atoms with E-state index in [0.717, 1.165) is 70.6 Å². The molecule has 0 radical (unpaired) electrons. The summed E-state index contributed by atoms with van der Waals surface area (Å²) in [7, 11) is -5.12. The Morgan fingerprint density at radius 3 is 1.27 bits per heavy atom. The van der Waals surface area contributed by atoms with Crippen LogP contribution in [-0.4, -0.2) is 98.3 Å². The Labute approximate surface area is 362 Å². The Kier molecular flexibility index (Phi) is 34.5. The molecule has 6 N–H and O–H groups in total. The molecule has 352 valence electrons. The first-order chi connectivity index (χ1) is 28.9. The van der Waals surface area contributed by atoms with Gasteiger partial charge in [-0.3, -0.25) is 18.6 Å². The Balaban J connectivity index is 2.45. The van der Waals surface area contributed by atoms with Crippen molar-refractivity contribution >= 4 is 19.8 Å². The summed E-state index contributed by atoms with van der Waals surface area (Å²) in [5.41, 5.74) is 0. The van der Waals surface area contributed by atoms with Gasteiger partial charge in [0, 0.05) is 12.8 Å². The first-order valence-electron chi connectivity index (χ1n) is 23.6. The van der Waals surface area contributed by atoms with Gasteiger partial charge in [0.15, 0.2) is 6.10 Å². The zero-order chi connectivity index (χ0) is 44.3. The van der Waals surface area contributed by atoms with E-state index in [9.17, 15) is 44.6 Å². The molecule has 0 amide bonds. The lowest BCUT2D eigenvalue weighted by Gasteiger charge is -2.41. The summed E-state index contributed by atoms with van der Waals surface area (Å²) in [5.74, 6) is -1.11. The van der Waals surface area contributed by atoms with E-state index >= 15 is 0 Å². The standard InChI is InChI=1S/C46H85O13P/c1-3-5-7-9-11-13-15-17-19-20-21-23-25-27-29-31-33-35-40(48)58-38(37-57-60(54,55)59-46-44(52)42(50)41(49)43(51)45(46)53)36-56-39(47)34-32-30-28-26-24-22-18-16-14-12-10-8-6-4-2/h16-19,38,41-46,49-53H,3-15,20-37H2,1-2H3,(H,54,55)/b18-16-,19-17-. The summed E-state index contributed by atoms with van der Waals surface area (Å²) in [6, 6.07) is 0. The van der Waals surface area contributed by atoms with Crippen molar-refractivity contribution in [3.05, 3.63) is 24.3 Å². The second-order valence-electron chi connectivity index (χ2n) is 16.6. The highest BCUT2D eigenvalue weighted by atomic mass is 31.2. The van der Waals surface area contributed by atoms with E-state index in [0.29, 0.717) is 12.8 Å². The number of aliphatic hydroxyl groups is 5. The maximum absolute atomic E-state index is 12.8. The van der Waals surface area contributed by atoms with Crippen LogP contribution >= 0.6 is 7.82 Å². The molecule has 14 heteroatoms. The van der Waals surface area contributed by atoms with E-state index in [1.807, 2.05) is 0 Å². The smallest absolute Gasteiger partial charge is 0.462 e. The molecule has 1 aliphatic rings. The third kappa shape index (κ3) is 28.8. The van der Waals surface area contributed by atoms with Gasteiger partial charge in [-0.15, -0.1) is 0 Å². The molecule has 1 aliphatic carbocycles. The molecule has 0 aromatic rings. The molecule has 0 saturated heterocycles. The second kappa shape index (κ2) is 36.8. The van der Waals surface area contributed by atoms with E-state index in [1.54, 1.807) is 0 Å². The van der Waals surface area contributed by atoms with Gasteiger partial charge >= 0.3 is 19.8 Å². The number of phosphoric acid groups is 1. The third-order valence-electron chi connectivity index (χ3n) is 11.0. The minimum atomic E-state index is -5.12. The van der Waals surface area contributed by atoms with Crippen molar-refractivity contribution in [2.45, 2.75) is 243 Å². The Bertz CT molecular complexity index is 1150. The summed E-state index contributed by atoms with van der Waals surface area (Å²) in [5, 5.41) is 50.1. The van der Waals surface area contributed by atoms with Crippen LogP contribution in [0.2, 0.25) is 0 Å². The highest BCUT2D eigenvalue weighted by Gasteiger charge is 2.51. The van der Waals surface area contributed by atoms with Crippen molar-refractivity contribution in [2.75, 3.05) is 13.2 Å². The fourth-order valence-electron chi connectivity index (χ4n) is 7.16. The van der Waals surface area contributed by atoms with Crippen molar-refractivity contribution < 1.29 is 63.1 Å². The summed E-state index contributed by atoms with van der Waals surface area (Å²) < 4.78 is 33.5. The van der Waals surface area contributed by atoms with E-state index in [1.165, 1.54) is 89.9 Å². The number of carbonyl (C=O) groups excluding carboxylic acids is 2. The molecule has 1 rings (SSSR count). The predicted molar refractivity (Wildman–Crippen MR) is 235 cm³/mol. The molecule has 6 atom stereocenters. The van der Waals surface area contributed by atoms with Gasteiger partial charge in [-0.1, -0.05) is 147 Å². The third-order valence-corrected chi connectivity index (χ3v) is 12.0.